The summed E-state index contributed by atoms with van der Waals surface area (Å²) in [5.74, 6) is -0.122. The maximum Gasteiger partial charge on any atom is 0.140 e. The van der Waals surface area contributed by atoms with Gasteiger partial charge in [-0.1, -0.05) is 12.1 Å². The maximum absolute atomic E-state index is 12.9. The molecule has 80 valence electrons. The smallest absolute Gasteiger partial charge is 0.140 e. The molecule has 1 aliphatic heterocycles. The molecule has 1 aromatic rings. The van der Waals surface area contributed by atoms with E-state index >= 15 is 0 Å². The lowest BCUT2D eigenvalue weighted by Gasteiger charge is -2.20. The topological polar surface area (TPSA) is 26.3 Å². The summed E-state index contributed by atoms with van der Waals surface area (Å²) in [6.07, 6.45) is 1.07. The van der Waals surface area contributed by atoms with Gasteiger partial charge in [0.05, 0.1) is 13.2 Å². The second-order valence-corrected chi connectivity index (χ2v) is 3.82. The number of rotatable bonds is 2. The summed E-state index contributed by atoms with van der Waals surface area (Å²) in [6.45, 7) is 0.994. The van der Waals surface area contributed by atoms with Crippen LogP contribution >= 0.6 is 0 Å². The summed E-state index contributed by atoms with van der Waals surface area (Å²) in [7, 11) is 0. The standard InChI is InChI=1S/C12H13FO2/c13-11-3-1-2-9(7-11)6-10-8-15-5-4-12(10)14/h1-3,7,10H,4-6,8H2/t10-/m0/s1. The van der Waals surface area contributed by atoms with Gasteiger partial charge in [0.25, 0.3) is 0 Å². The predicted octanol–water partition coefficient (Wildman–Crippen LogP) is 1.97. The monoisotopic (exact) mass is 208 g/mol. The average Bonchev–Trinajstić information content (AvgIpc) is 2.22. The van der Waals surface area contributed by atoms with Crippen molar-refractivity contribution in [2.75, 3.05) is 13.2 Å². The first-order chi connectivity index (χ1) is 7.25. The fraction of sp³-hybridized carbons (Fsp3) is 0.417. The molecule has 0 unspecified atom stereocenters. The second kappa shape index (κ2) is 4.53. The number of carbonyl (C=O) groups is 1. The highest BCUT2D eigenvalue weighted by atomic mass is 19.1. The third-order valence-corrected chi connectivity index (χ3v) is 2.64. The lowest BCUT2D eigenvalue weighted by atomic mass is 9.93. The summed E-state index contributed by atoms with van der Waals surface area (Å²) < 4.78 is 18.1. The largest absolute Gasteiger partial charge is 0.380 e. The molecular weight excluding hydrogens is 195 g/mol. The normalized spacial score (nSPS) is 21.7. The number of halogens is 1. The Morgan fingerprint density at radius 1 is 1.47 bits per heavy atom. The lowest BCUT2D eigenvalue weighted by molar-refractivity contribution is -0.130. The number of carbonyl (C=O) groups excluding carboxylic acids is 1. The zero-order valence-corrected chi connectivity index (χ0v) is 8.41. The third kappa shape index (κ3) is 2.63. The number of Topliss-reactive ketones (excluding diaryl/α,β-unsaturated/α-hetero) is 1. The quantitative estimate of drug-likeness (QED) is 0.742. The van der Waals surface area contributed by atoms with Crippen molar-refractivity contribution in [2.45, 2.75) is 12.8 Å². The van der Waals surface area contributed by atoms with Crippen LogP contribution in [0.1, 0.15) is 12.0 Å². The van der Waals surface area contributed by atoms with Crippen LogP contribution in [0.2, 0.25) is 0 Å². The number of ketones is 1. The lowest BCUT2D eigenvalue weighted by Crippen LogP contribution is -2.29. The highest BCUT2D eigenvalue weighted by Gasteiger charge is 2.22. The van der Waals surface area contributed by atoms with Crippen LogP contribution < -0.4 is 0 Å². The van der Waals surface area contributed by atoms with E-state index in [4.69, 9.17) is 4.74 Å². The van der Waals surface area contributed by atoms with E-state index in [0.717, 1.165) is 5.56 Å². The highest BCUT2D eigenvalue weighted by molar-refractivity contribution is 5.82. The van der Waals surface area contributed by atoms with E-state index in [2.05, 4.69) is 0 Å². The first kappa shape index (κ1) is 10.3. The molecule has 1 aliphatic rings. The minimum Gasteiger partial charge on any atom is -0.380 e. The zero-order chi connectivity index (χ0) is 10.7. The SMILES string of the molecule is O=C1CCOC[C@@H]1Cc1cccc(F)c1. The average molecular weight is 208 g/mol. The third-order valence-electron chi connectivity index (χ3n) is 2.64. The van der Waals surface area contributed by atoms with Gasteiger partial charge in [-0.2, -0.15) is 0 Å². The van der Waals surface area contributed by atoms with Crippen LogP contribution in [0.15, 0.2) is 24.3 Å². The Bertz CT molecular complexity index is 362. The van der Waals surface area contributed by atoms with Gasteiger partial charge in [0.15, 0.2) is 0 Å². The molecule has 0 saturated carbocycles. The van der Waals surface area contributed by atoms with Crippen molar-refractivity contribution in [3.63, 3.8) is 0 Å². The molecule has 0 bridgehead atoms. The van der Waals surface area contributed by atoms with Crippen LogP contribution in [0, 0.1) is 11.7 Å². The Morgan fingerprint density at radius 3 is 3.07 bits per heavy atom. The first-order valence-electron chi connectivity index (χ1n) is 5.10. The van der Waals surface area contributed by atoms with Crippen LogP contribution in [0.25, 0.3) is 0 Å². The van der Waals surface area contributed by atoms with Crippen molar-refractivity contribution in [2.24, 2.45) is 5.92 Å². The highest BCUT2D eigenvalue weighted by Crippen LogP contribution is 2.16. The fourth-order valence-corrected chi connectivity index (χ4v) is 1.82. The Balaban J connectivity index is 2.04. The summed E-state index contributed by atoms with van der Waals surface area (Å²) >= 11 is 0. The maximum atomic E-state index is 12.9. The van der Waals surface area contributed by atoms with Crippen LogP contribution in [0.4, 0.5) is 4.39 Å². The minimum absolute atomic E-state index is 0.0967. The Morgan fingerprint density at radius 2 is 2.33 bits per heavy atom. The van der Waals surface area contributed by atoms with Crippen LogP contribution in [0.5, 0.6) is 0 Å². The molecule has 3 heteroatoms. The molecule has 0 radical (unpaired) electrons. The Kier molecular flexibility index (Phi) is 3.11. The van der Waals surface area contributed by atoms with Gasteiger partial charge in [-0.15, -0.1) is 0 Å². The number of benzene rings is 1. The van der Waals surface area contributed by atoms with Gasteiger partial charge in [0, 0.05) is 12.3 Å². The molecule has 15 heavy (non-hydrogen) atoms. The predicted molar refractivity (Wildman–Crippen MR) is 54.0 cm³/mol. The molecule has 2 rings (SSSR count). The van der Waals surface area contributed by atoms with E-state index in [1.807, 2.05) is 6.07 Å². The van der Waals surface area contributed by atoms with Gasteiger partial charge in [-0.25, -0.2) is 4.39 Å². The Labute approximate surface area is 88.1 Å². The van der Waals surface area contributed by atoms with Crippen LogP contribution in [-0.2, 0) is 16.0 Å². The van der Waals surface area contributed by atoms with Crippen molar-refractivity contribution in [3.05, 3.63) is 35.6 Å². The number of ether oxygens (including phenoxy) is 1. The van der Waals surface area contributed by atoms with Crippen molar-refractivity contribution in [3.8, 4) is 0 Å². The van der Waals surface area contributed by atoms with Gasteiger partial charge in [0.2, 0.25) is 0 Å². The zero-order valence-electron chi connectivity index (χ0n) is 8.41. The van der Waals surface area contributed by atoms with E-state index in [1.54, 1.807) is 6.07 Å². The summed E-state index contributed by atoms with van der Waals surface area (Å²) in [6, 6.07) is 6.38. The molecule has 0 spiro atoms. The van der Waals surface area contributed by atoms with E-state index in [-0.39, 0.29) is 17.5 Å². The Hall–Kier alpha value is -1.22. The van der Waals surface area contributed by atoms with Gasteiger partial charge in [-0.05, 0) is 24.1 Å². The molecular formula is C12H13FO2. The van der Waals surface area contributed by atoms with Gasteiger partial charge >= 0.3 is 0 Å². The van der Waals surface area contributed by atoms with Crippen LogP contribution in [-0.4, -0.2) is 19.0 Å². The molecule has 0 amide bonds. The fourth-order valence-electron chi connectivity index (χ4n) is 1.82. The molecule has 1 fully saturated rings. The van der Waals surface area contributed by atoms with Crippen molar-refractivity contribution < 1.29 is 13.9 Å². The van der Waals surface area contributed by atoms with Crippen LogP contribution in [0.3, 0.4) is 0 Å². The van der Waals surface area contributed by atoms with E-state index < -0.39 is 0 Å². The van der Waals surface area contributed by atoms with Crippen molar-refractivity contribution in [1.82, 2.24) is 0 Å². The first-order valence-corrected chi connectivity index (χ1v) is 5.10. The van der Waals surface area contributed by atoms with Crippen molar-refractivity contribution in [1.29, 1.82) is 0 Å². The summed E-state index contributed by atoms with van der Waals surface area (Å²) in [4.78, 5) is 11.5. The number of hydrogen-bond acceptors (Lipinski definition) is 2. The molecule has 1 aromatic carbocycles. The molecule has 1 atom stereocenters. The van der Waals surface area contributed by atoms with Gasteiger partial charge < -0.3 is 4.74 Å². The molecule has 1 saturated heterocycles. The summed E-state index contributed by atoms with van der Waals surface area (Å²) in [5.41, 5.74) is 0.860. The van der Waals surface area contributed by atoms with E-state index in [1.165, 1.54) is 12.1 Å². The van der Waals surface area contributed by atoms with E-state index in [9.17, 15) is 9.18 Å². The van der Waals surface area contributed by atoms with Gasteiger partial charge in [-0.3, -0.25) is 4.79 Å². The molecule has 0 aromatic heterocycles. The molecule has 1 heterocycles. The molecule has 2 nitrogen and oxygen atoms in total. The molecule has 0 aliphatic carbocycles. The molecule has 0 N–H and O–H groups in total. The minimum atomic E-state index is -0.253. The number of hydrogen-bond donors (Lipinski definition) is 0. The van der Waals surface area contributed by atoms with Gasteiger partial charge in [0.1, 0.15) is 11.6 Å². The van der Waals surface area contributed by atoms with E-state index in [0.29, 0.717) is 26.1 Å². The van der Waals surface area contributed by atoms with Crippen molar-refractivity contribution >= 4 is 5.78 Å². The second-order valence-electron chi connectivity index (χ2n) is 3.82. The summed E-state index contributed by atoms with van der Waals surface area (Å²) in [5, 5.41) is 0.